The van der Waals surface area contributed by atoms with Crippen molar-refractivity contribution in [3.63, 3.8) is 0 Å². The van der Waals surface area contributed by atoms with Crippen molar-refractivity contribution in [3.8, 4) is 17.2 Å². The fourth-order valence-electron chi connectivity index (χ4n) is 3.31. The highest BCUT2D eigenvalue weighted by molar-refractivity contribution is 6.09. The Morgan fingerprint density at radius 3 is 1.03 bits per heavy atom. The molecule has 186 valence electrons. The van der Waals surface area contributed by atoms with Gasteiger partial charge in [0.1, 0.15) is 53.8 Å². The van der Waals surface area contributed by atoms with Crippen molar-refractivity contribution in [1.29, 1.82) is 0 Å². The summed E-state index contributed by atoms with van der Waals surface area (Å²) in [5, 5.41) is 30.0. The largest absolute Gasteiger partial charge is 0.484 e. The van der Waals surface area contributed by atoms with Gasteiger partial charge in [-0.25, -0.2) is 14.4 Å². The van der Waals surface area contributed by atoms with Crippen LogP contribution in [0.4, 0.5) is 0 Å². The Balaban J connectivity index is 1.92. The molecule has 0 unspecified atom stereocenters. The molecular weight excluding hydrogens is 480 g/mol. The smallest absolute Gasteiger partial charge is 0.343 e. The SMILES string of the molecule is O=C(O)c1c(OCc2ccco2)c(C(=O)O)c(OCc2ccco2)c(C(=O)O)c1OCc1ccco1. The van der Waals surface area contributed by atoms with E-state index in [9.17, 15) is 29.7 Å². The first-order chi connectivity index (χ1) is 17.4. The van der Waals surface area contributed by atoms with Crippen molar-refractivity contribution in [1.82, 2.24) is 0 Å². The van der Waals surface area contributed by atoms with Crippen molar-refractivity contribution in [2.45, 2.75) is 19.8 Å². The zero-order chi connectivity index (χ0) is 25.7. The second-order valence-corrected chi connectivity index (χ2v) is 7.13. The van der Waals surface area contributed by atoms with Gasteiger partial charge in [-0.1, -0.05) is 0 Å². The molecule has 0 spiro atoms. The minimum atomic E-state index is -1.69. The maximum atomic E-state index is 12.3. The van der Waals surface area contributed by atoms with Gasteiger partial charge in [-0.3, -0.25) is 0 Å². The number of rotatable bonds is 12. The zero-order valence-corrected chi connectivity index (χ0v) is 18.3. The molecule has 0 radical (unpaired) electrons. The summed E-state index contributed by atoms with van der Waals surface area (Å²) in [6, 6.07) is 9.23. The van der Waals surface area contributed by atoms with E-state index < -0.39 is 51.8 Å². The molecule has 0 bridgehead atoms. The van der Waals surface area contributed by atoms with Crippen LogP contribution in [0.1, 0.15) is 48.4 Å². The molecule has 3 aromatic heterocycles. The van der Waals surface area contributed by atoms with E-state index in [2.05, 4.69) is 0 Å². The van der Waals surface area contributed by atoms with Crippen LogP contribution in [-0.4, -0.2) is 33.2 Å². The number of hydrogen-bond acceptors (Lipinski definition) is 9. The Morgan fingerprint density at radius 1 is 0.556 bits per heavy atom. The predicted molar refractivity (Wildman–Crippen MR) is 116 cm³/mol. The quantitative estimate of drug-likeness (QED) is 0.252. The third-order valence-corrected chi connectivity index (χ3v) is 4.82. The van der Waals surface area contributed by atoms with Crippen LogP contribution in [0, 0.1) is 0 Å². The third-order valence-electron chi connectivity index (χ3n) is 4.82. The second-order valence-electron chi connectivity index (χ2n) is 7.13. The van der Waals surface area contributed by atoms with Crippen LogP contribution < -0.4 is 14.2 Å². The first kappa shape index (κ1) is 24.0. The highest BCUT2D eigenvalue weighted by Crippen LogP contribution is 2.45. The summed E-state index contributed by atoms with van der Waals surface area (Å²) in [5.74, 6) is -6.37. The number of ether oxygens (including phenoxy) is 3. The molecule has 4 rings (SSSR count). The molecule has 3 N–H and O–H groups in total. The monoisotopic (exact) mass is 498 g/mol. The highest BCUT2D eigenvalue weighted by Gasteiger charge is 2.37. The van der Waals surface area contributed by atoms with Crippen molar-refractivity contribution in [2.24, 2.45) is 0 Å². The maximum Gasteiger partial charge on any atom is 0.343 e. The van der Waals surface area contributed by atoms with Crippen LogP contribution in [0.5, 0.6) is 17.2 Å². The van der Waals surface area contributed by atoms with E-state index in [0.29, 0.717) is 0 Å². The number of carbonyl (C=O) groups is 3. The molecule has 0 atom stereocenters. The Bertz CT molecular complexity index is 1160. The summed E-state index contributed by atoms with van der Waals surface area (Å²) in [6.45, 7) is -1.10. The second kappa shape index (κ2) is 10.4. The fraction of sp³-hybridized carbons (Fsp3) is 0.125. The minimum Gasteiger partial charge on any atom is -0.484 e. The van der Waals surface area contributed by atoms with Crippen LogP contribution in [0.15, 0.2) is 68.4 Å². The number of benzene rings is 1. The van der Waals surface area contributed by atoms with Crippen LogP contribution in [-0.2, 0) is 19.8 Å². The predicted octanol–water partition coefficient (Wildman–Crippen LogP) is 4.30. The number of carboxylic acids is 3. The van der Waals surface area contributed by atoms with Gasteiger partial charge in [-0.15, -0.1) is 0 Å². The number of furan rings is 3. The lowest BCUT2D eigenvalue weighted by Gasteiger charge is -2.21. The minimum absolute atomic E-state index is 0.251. The van der Waals surface area contributed by atoms with E-state index in [1.807, 2.05) is 0 Å². The third kappa shape index (κ3) is 5.01. The van der Waals surface area contributed by atoms with Crippen molar-refractivity contribution in [3.05, 3.63) is 89.2 Å². The molecule has 0 aliphatic rings. The number of aromatic carboxylic acids is 3. The molecule has 1 aromatic carbocycles. The molecule has 4 aromatic rings. The van der Waals surface area contributed by atoms with Gasteiger partial charge in [-0.2, -0.15) is 0 Å². The van der Waals surface area contributed by atoms with Gasteiger partial charge in [-0.05, 0) is 36.4 Å². The van der Waals surface area contributed by atoms with Crippen molar-refractivity contribution < 1.29 is 57.2 Å². The van der Waals surface area contributed by atoms with E-state index in [0.717, 1.165) is 0 Å². The molecule has 12 heteroatoms. The van der Waals surface area contributed by atoms with E-state index in [-0.39, 0.29) is 37.1 Å². The van der Waals surface area contributed by atoms with E-state index in [1.54, 1.807) is 18.2 Å². The topological polar surface area (TPSA) is 179 Å². The molecule has 0 aliphatic heterocycles. The summed E-state index contributed by atoms with van der Waals surface area (Å²) in [7, 11) is 0. The maximum absolute atomic E-state index is 12.3. The fourth-order valence-corrected chi connectivity index (χ4v) is 3.31. The molecule has 0 saturated carbocycles. The molecule has 3 heterocycles. The van der Waals surface area contributed by atoms with Gasteiger partial charge in [0.25, 0.3) is 0 Å². The van der Waals surface area contributed by atoms with Gasteiger partial charge in [0.05, 0.1) is 18.8 Å². The normalized spacial score (nSPS) is 10.7. The van der Waals surface area contributed by atoms with E-state index >= 15 is 0 Å². The lowest BCUT2D eigenvalue weighted by Crippen LogP contribution is -2.18. The summed E-state index contributed by atoms with van der Waals surface area (Å²) < 4.78 is 32.2. The van der Waals surface area contributed by atoms with Gasteiger partial charge in [0, 0.05) is 0 Å². The van der Waals surface area contributed by atoms with Crippen LogP contribution in [0.2, 0.25) is 0 Å². The Hall–Kier alpha value is -5.13. The van der Waals surface area contributed by atoms with Gasteiger partial charge >= 0.3 is 17.9 Å². The summed E-state index contributed by atoms with van der Waals surface area (Å²) >= 11 is 0. The first-order valence-electron chi connectivity index (χ1n) is 10.3. The van der Waals surface area contributed by atoms with Gasteiger partial charge < -0.3 is 42.8 Å². The Labute approximate surface area is 201 Å². The van der Waals surface area contributed by atoms with Gasteiger partial charge in [0.2, 0.25) is 0 Å². The lowest BCUT2D eigenvalue weighted by atomic mass is 9.99. The van der Waals surface area contributed by atoms with Crippen LogP contribution in [0.25, 0.3) is 0 Å². The molecule has 0 amide bonds. The molecule has 0 aliphatic carbocycles. The van der Waals surface area contributed by atoms with Crippen LogP contribution >= 0.6 is 0 Å². The molecule has 0 fully saturated rings. The summed E-state index contributed by atoms with van der Waals surface area (Å²) in [6.07, 6.45) is 4.04. The summed E-state index contributed by atoms with van der Waals surface area (Å²) in [4.78, 5) is 37.0. The van der Waals surface area contributed by atoms with E-state index in [1.165, 1.54) is 37.0 Å². The first-order valence-corrected chi connectivity index (χ1v) is 10.3. The average Bonchev–Trinajstić information content (AvgIpc) is 3.62. The van der Waals surface area contributed by atoms with Crippen LogP contribution in [0.3, 0.4) is 0 Å². The average molecular weight is 498 g/mol. The molecule has 36 heavy (non-hydrogen) atoms. The lowest BCUT2D eigenvalue weighted by molar-refractivity contribution is 0.0671. The van der Waals surface area contributed by atoms with Gasteiger partial charge in [0.15, 0.2) is 17.2 Å². The molecular formula is C24H18O12. The highest BCUT2D eigenvalue weighted by atomic mass is 16.5. The zero-order valence-electron chi connectivity index (χ0n) is 18.3. The standard InChI is InChI=1S/C24H18O12/c25-22(26)16-19(34-10-13-4-1-7-31-13)17(23(27)28)21(36-12-15-6-3-9-33-15)18(24(29)30)20(16)35-11-14-5-2-8-32-14/h1-9H,10-12H2,(H,25,26)(H,27,28)(H,29,30). The molecule has 12 nitrogen and oxygen atoms in total. The number of hydrogen-bond donors (Lipinski definition) is 3. The van der Waals surface area contributed by atoms with Crippen molar-refractivity contribution in [2.75, 3.05) is 0 Å². The number of carboxylic acid groups (broad SMARTS) is 3. The Kier molecular flexibility index (Phi) is 6.95. The van der Waals surface area contributed by atoms with Crippen molar-refractivity contribution >= 4 is 17.9 Å². The van der Waals surface area contributed by atoms with E-state index in [4.69, 9.17) is 27.5 Å². The molecule has 0 saturated heterocycles. The Morgan fingerprint density at radius 2 is 0.833 bits per heavy atom. The summed E-state index contributed by atoms with van der Waals surface area (Å²) in [5.41, 5.74) is -2.48.